The number of amides is 2. The number of hydrogen-bond acceptors (Lipinski definition) is 5. The number of fused-ring (bicyclic) bond motifs is 1. The maximum atomic E-state index is 12.4. The first-order chi connectivity index (χ1) is 15.4. The molecule has 32 heavy (non-hydrogen) atoms. The van der Waals surface area contributed by atoms with Crippen LogP contribution in [-0.4, -0.2) is 40.1 Å². The summed E-state index contributed by atoms with van der Waals surface area (Å²) in [6.07, 6.45) is 1.31. The van der Waals surface area contributed by atoms with Crippen molar-refractivity contribution in [2.45, 2.75) is 25.8 Å². The molecule has 1 aliphatic heterocycles. The molecule has 1 N–H and O–H groups in total. The van der Waals surface area contributed by atoms with Crippen molar-refractivity contribution in [2.75, 3.05) is 23.4 Å². The molecule has 2 aromatic carbocycles. The minimum Gasteiger partial charge on any atom is -0.456 e. The topological polar surface area (TPSA) is 103 Å². The van der Waals surface area contributed by atoms with E-state index < -0.39 is 18.5 Å². The Kier molecular flexibility index (Phi) is 6.07. The summed E-state index contributed by atoms with van der Waals surface area (Å²) >= 11 is 0. The Morgan fingerprint density at radius 2 is 1.84 bits per heavy atom. The summed E-state index contributed by atoms with van der Waals surface area (Å²) in [7, 11) is 1.68. The third-order valence-corrected chi connectivity index (χ3v) is 5.47. The maximum Gasteiger partial charge on any atom is 0.328 e. The largest absolute Gasteiger partial charge is 0.456 e. The van der Waals surface area contributed by atoms with E-state index in [1.165, 1.54) is 9.13 Å². The van der Waals surface area contributed by atoms with Gasteiger partial charge in [-0.1, -0.05) is 18.2 Å². The average molecular weight is 436 g/mol. The Hall–Kier alpha value is -3.88. The second kappa shape index (κ2) is 9.09. The van der Waals surface area contributed by atoms with Gasteiger partial charge in [-0.15, -0.1) is 0 Å². The van der Waals surface area contributed by atoms with Crippen LogP contribution in [0.4, 0.5) is 11.4 Å². The van der Waals surface area contributed by atoms with E-state index in [9.17, 15) is 19.2 Å². The molecule has 166 valence electrons. The molecule has 4 rings (SSSR count). The van der Waals surface area contributed by atoms with Crippen molar-refractivity contribution in [3.05, 3.63) is 59.0 Å². The van der Waals surface area contributed by atoms with Crippen LogP contribution in [0, 0.1) is 0 Å². The highest BCUT2D eigenvalue weighted by atomic mass is 16.5. The number of imidazole rings is 1. The van der Waals surface area contributed by atoms with E-state index in [4.69, 9.17) is 4.74 Å². The molecule has 2 amide bonds. The summed E-state index contributed by atoms with van der Waals surface area (Å²) in [5, 5.41) is 2.67. The predicted molar refractivity (Wildman–Crippen MR) is 119 cm³/mol. The fourth-order valence-electron chi connectivity index (χ4n) is 3.87. The Bertz CT molecular complexity index is 1240. The Labute approximate surface area is 184 Å². The zero-order valence-corrected chi connectivity index (χ0v) is 17.7. The third kappa shape index (κ3) is 4.41. The minimum absolute atomic E-state index is 0.0340. The fraction of sp³-hybridized carbons (Fsp3) is 0.304. The molecule has 0 unspecified atom stereocenters. The van der Waals surface area contributed by atoms with Crippen molar-refractivity contribution < 1.29 is 19.1 Å². The second-order valence-electron chi connectivity index (χ2n) is 7.64. The number of carbonyl (C=O) groups is 3. The summed E-state index contributed by atoms with van der Waals surface area (Å²) < 4.78 is 8.11. The van der Waals surface area contributed by atoms with Gasteiger partial charge in [0.15, 0.2) is 6.61 Å². The highest BCUT2D eigenvalue weighted by Gasteiger charge is 2.22. The van der Waals surface area contributed by atoms with Crippen molar-refractivity contribution in [1.29, 1.82) is 0 Å². The van der Waals surface area contributed by atoms with Crippen LogP contribution < -0.4 is 15.9 Å². The van der Waals surface area contributed by atoms with Gasteiger partial charge in [0.25, 0.3) is 5.91 Å². The number of para-hydroxylation sites is 2. The van der Waals surface area contributed by atoms with Crippen molar-refractivity contribution in [3.63, 3.8) is 0 Å². The molecular formula is C23H24N4O5. The van der Waals surface area contributed by atoms with Crippen LogP contribution in [0.1, 0.15) is 19.3 Å². The van der Waals surface area contributed by atoms with Crippen LogP contribution in [0.2, 0.25) is 0 Å². The maximum absolute atomic E-state index is 12.4. The third-order valence-electron chi connectivity index (χ3n) is 5.47. The molecule has 0 bridgehead atoms. The van der Waals surface area contributed by atoms with Crippen molar-refractivity contribution in [1.82, 2.24) is 9.13 Å². The number of ether oxygens (including phenoxy) is 1. The number of benzene rings is 2. The summed E-state index contributed by atoms with van der Waals surface area (Å²) in [5.74, 6) is -0.991. The van der Waals surface area contributed by atoms with Crippen LogP contribution in [0.15, 0.2) is 53.3 Å². The number of aryl methyl sites for hydroxylation is 2. The van der Waals surface area contributed by atoms with E-state index in [0.29, 0.717) is 18.7 Å². The molecule has 2 heterocycles. The Balaban J connectivity index is 1.30. The van der Waals surface area contributed by atoms with Crippen LogP contribution in [0.5, 0.6) is 0 Å². The lowest BCUT2D eigenvalue weighted by molar-refractivity contribution is -0.147. The van der Waals surface area contributed by atoms with Gasteiger partial charge in [0.05, 0.1) is 17.5 Å². The highest BCUT2D eigenvalue weighted by molar-refractivity contribution is 5.97. The molecule has 0 radical (unpaired) electrons. The lowest BCUT2D eigenvalue weighted by Crippen LogP contribution is -2.25. The summed E-state index contributed by atoms with van der Waals surface area (Å²) in [6.45, 7) is 0.385. The first kappa shape index (κ1) is 21.4. The van der Waals surface area contributed by atoms with Gasteiger partial charge in [0.1, 0.15) is 0 Å². The van der Waals surface area contributed by atoms with Crippen molar-refractivity contribution in [3.8, 4) is 0 Å². The fourth-order valence-corrected chi connectivity index (χ4v) is 3.87. The summed E-state index contributed by atoms with van der Waals surface area (Å²) in [5.41, 5.74) is 2.55. The van der Waals surface area contributed by atoms with E-state index in [-0.39, 0.29) is 24.6 Å². The molecule has 1 aromatic heterocycles. The quantitative estimate of drug-likeness (QED) is 0.571. The normalized spacial score (nSPS) is 13.5. The van der Waals surface area contributed by atoms with Gasteiger partial charge in [-0.3, -0.25) is 23.5 Å². The smallest absolute Gasteiger partial charge is 0.328 e. The van der Waals surface area contributed by atoms with Gasteiger partial charge in [-0.25, -0.2) is 4.79 Å². The molecule has 0 spiro atoms. The van der Waals surface area contributed by atoms with Gasteiger partial charge in [0, 0.05) is 37.9 Å². The number of nitrogens with zero attached hydrogens (tertiary/aromatic N) is 3. The highest BCUT2D eigenvalue weighted by Crippen LogP contribution is 2.24. The molecule has 3 aromatic rings. The SMILES string of the molecule is Cn1c(=O)n(CCC(=O)OCC(=O)Nc2cccc(N3CCCC3=O)c2)c2ccccc21. The number of hydrogen-bond donors (Lipinski definition) is 1. The zero-order chi connectivity index (χ0) is 22.7. The van der Waals surface area contributed by atoms with Crippen LogP contribution >= 0.6 is 0 Å². The zero-order valence-electron chi connectivity index (χ0n) is 17.7. The van der Waals surface area contributed by atoms with Gasteiger partial charge in [-0.2, -0.15) is 0 Å². The van der Waals surface area contributed by atoms with Gasteiger partial charge in [-0.05, 0) is 36.8 Å². The van der Waals surface area contributed by atoms with E-state index in [0.717, 1.165) is 23.1 Å². The molecule has 0 aliphatic carbocycles. The minimum atomic E-state index is -0.573. The van der Waals surface area contributed by atoms with E-state index in [2.05, 4.69) is 5.32 Å². The number of carbonyl (C=O) groups excluding carboxylic acids is 3. The monoisotopic (exact) mass is 436 g/mol. The lowest BCUT2D eigenvalue weighted by Gasteiger charge is -2.16. The molecule has 1 saturated heterocycles. The molecule has 1 fully saturated rings. The van der Waals surface area contributed by atoms with Gasteiger partial charge in [0.2, 0.25) is 5.91 Å². The molecule has 9 heteroatoms. The predicted octanol–water partition coefficient (Wildman–Crippen LogP) is 2.04. The van der Waals surface area contributed by atoms with Gasteiger partial charge >= 0.3 is 11.7 Å². The molecule has 0 atom stereocenters. The number of rotatable bonds is 7. The number of aromatic nitrogens is 2. The van der Waals surface area contributed by atoms with Gasteiger partial charge < -0.3 is 15.0 Å². The molecule has 1 aliphatic rings. The van der Waals surface area contributed by atoms with Crippen LogP contribution in [0.25, 0.3) is 11.0 Å². The number of nitrogens with one attached hydrogen (secondary N) is 1. The molecular weight excluding hydrogens is 412 g/mol. The first-order valence-corrected chi connectivity index (χ1v) is 10.4. The first-order valence-electron chi connectivity index (χ1n) is 10.4. The number of esters is 1. The van der Waals surface area contributed by atoms with Crippen molar-refractivity contribution >= 4 is 40.2 Å². The summed E-state index contributed by atoms with van der Waals surface area (Å²) in [4.78, 5) is 50.3. The van der Waals surface area contributed by atoms with Crippen LogP contribution in [-0.2, 0) is 32.7 Å². The van der Waals surface area contributed by atoms with E-state index >= 15 is 0 Å². The molecule has 0 saturated carbocycles. The second-order valence-corrected chi connectivity index (χ2v) is 7.64. The Morgan fingerprint density at radius 1 is 1.06 bits per heavy atom. The molecule has 9 nitrogen and oxygen atoms in total. The lowest BCUT2D eigenvalue weighted by atomic mass is 10.2. The van der Waals surface area contributed by atoms with Crippen LogP contribution in [0.3, 0.4) is 0 Å². The Morgan fingerprint density at radius 3 is 2.59 bits per heavy atom. The average Bonchev–Trinajstić information content (AvgIpc) is 3.32. The summed E-state index contributed by atoms with van der Waals surface area (Å²) in [6, 6.07) is 14.3. The number of anilines is 2. The van der Waals surface area contributed by atoms with E-state index in [1.807, 2.05) is 30.3 Å². The van der Waals surface area contributed by atoms with Crippen molar-refractivity contribution in [2.24, 2.45) is 7.05 Å². The van der Waals surface area contributed by atoms with E-state index in [1.54, 1.807) is 30.1 Å². The standard InChI is InChI=1S/C23H24N4O5/c1-25-18-8-2-3-9-19(18)27(23(25)31)13-11-22(30)32-15-20(28)24-16-6-4-7-17(14-16)26-12-5-10-21(26)29/h2-4,6-9,14H,5,10-13,15H2,1H3,(H,24,28).